The van der Waals surface area contributed by atoms with Gasteiger partial charge in [0.2, 0.25) is 0 Å². The maximum atomic E-state index is 12.2. The van der Waals surface area contributed by atoms with Crippen LogP contribution in [0.5, 0.6) is 0 Å². The normalized spacial score (nSPS) is 20.2. The summed E-state index contributed by atoms with van der Waals surface area (Å²) in [4.78, 5) is 19.1. The number of carbonyl (C=O) groups is 1. The Labute approximate surface area is 143 Å². The van der Waals surface area contributed by atoms with Crippen molar-refractivity contribution in [2.45, 2.75) is 50.5 Å². The Morgan fingerprint density at radius 3 is 2.67 bits per heavy atom. The maximum absolute atomic E-state index is 12.2. The SMILES string of the molecule is CCN(c1ncc(C2(C(=O)OC)CCC2)cc1N)C1CCOCC1. The number of aromatic nitrogens is 1. The quantitative estimate of drug-likeness (QED) is 0.833. The number of nitrogens with two attached hydrogens (primary N) is 1. The fourth-order valence-electron chi connectivity index (χ4n) is 3.89. The van der Waals surface area contributed by atoms with Crippen molar-refractivity contribution in [1.82, 2.24) is 4.98 Å². The van der Waals surface area contributed by atoms with E-state index in [1.165, 1.54) is 7.11 Å². The number of carbonyl (C=O) groups excluding carboxylic acids is 1. The van der Waals surface area contributed by atoms with Gasteiger partial charge in [0.25, 0.3) is 0 Å². The molecule has 0 bridgehead atoms. The van der Waals surface area contributed by atoms with E-state index in [0.717, 1.165) is 63.2 Å². The molecule has 2 N–H and O–H groups in total. The number of pyridine rings is 1. The zero-order valence-corrected chi connectivity index (χ0v) is 14.6. The Kier molecular flexibility index (Phi) is 4.94. The Balaban J connectivity index is 1.87. The summed E-state index contributed by atoms with van der Waals surface area (Å²) in [6.45, 7) is 4.53. The summed E-state index contributed by atoms with van der Waals surface area (Å²) in [6, 6.07) is 2.32. The third kappa shape index (κ3) is 2.83. The third-order valence-corrected chi connectivity index (χ3v) is 5.48. The van der Waals surface area contributed by atoms with Crippen LogP contribution in [0.15, 0.2) is 12.3 Å². The van der Waals surface area contributed by atoms with E-state index in [1.807, 2.05) is 12.3 Å². The molecule has 3 rings (SSSR count). The molecule has 0 atom stereocenters. The van der Waals surface area contributed by atoms with Gasteiger partial charge in [-0.05, 0) is 44.2 Å². The number of methoxy groups -OCH3 is 1. The van der Waals surface area contributed by atoms with Crippen LogP contribution in [0.25, 0.3) is 0 Å². The molecule has 132 valence electrons. The average Bonchev–Trinajstić information content (AvgIpc) is 2.57. The summed E-state index contributed by atoms with van der Waals surface area (Å²) in [5.41, 5.74) is 7.30. The third-order valence-electron chi connectivity index (χ3n) is 5.48. The maximum Gasteiger partial charge on any atom is 0.316 e. The van der Waals surface area contributed by atoms with Crippen molar-refractivity contribution in [2.75, 3.05) is 37.5 Å². The largest absolute Gasteiger partial charge is 0.468 e. The van der Waals surface area contributed by atoms with Crippen LogP contribution < -0.4 is 10.6 Å². The Hall–Kier alpha value is -1.82. The Morgan fingerprint density at radius 1 is 1.46 bits per heavy atom. The molecule has 1 aromatic heterocycles. The second-order valence-electron chi connectivity index (χ2n) is 6.69. The smallest absolute Gasteiger partial charge is 0.316 e. The second-order valence-corrected chi connectivity index (χ2v) is 6.69. The minimum absolute atomic E-state index is 0.181. The van der Waals surface area contributed by atoms with Crippen molar-refractivity contribution in [3.8, 4) is 0 Å². The van der Waals surface area contributed by atoms with Crippen LogP contribution in [0.2, 0.25) is 0 Å². The van der Waals surface area contributed by atoms with Crippen LogP contribution in [0, 0.1) is 0 Å². The van der Waals surface area contributed by atoms with E-state index < -0.39 is 5.41 Å². The number of ether oxygens (including phenoxy) is 2. The lowest BCUT2D eigenvalue weighted by Gasteiger charge is -2.40. The van der Waals surface area contributed by atoms with Crippen molar-refractivity contribution in [2.24, 2.45) is 0 Å². The number of nitrogens with zero attached hydrogens (tertiary/aromatic N) is 2. The van der Waals surface area contributed by atoms with Gasteiger partial charge < -0.3 is 20.1 Å². The van der Waals surface area contributed by atoms with Crippen LogP contribution in [-0.4, -0.2) is 43.9 Å². The molecule has 0 amide bonds. The van der Waals surface area contributed by atoms with Gasteiger partial charge in [0.05, 0.1) is 18.2 Å². The van der Waals surface area contributed by atoms with Gasteiger partial charge in [0.15, 0.2) is 5.82 Å². The fourth-order valence-corrected chi connectivity index (χ4v) is 3.89. The van der Waals surface area contributed by atoms with Gasteiger partial charge in [-0.1, -0.05) is 6.42 Å². The average molecular weight is 333 g/mol. The molecule has 0 unspecified atom stereocenters. The van der Waals surface area contributed by atoms with E-state index in [2.05, 4.69) is 16.8 Å². The molecule has 2 heterocycles. The molecule has 0 spiro atoms. The molecule has 6 heteroatoms. The summed E-state index contributed by atoms with van der Waals surface area (Å²) in [5, 5.41) is 0. The molecule has 24 heavy (non-hydrogen) atoms. The first-order valence-corrected chi connectivity index (χ1v) is 8.81. The monoisotopic (exact) mass is 333 g/mol. The zero-order valence-electron chi connectivity index (χ0n) is 14.6. The van der Waals surface area contributed by atoms with E-state index >= 15 is 0 Å². The minimum Gasteiger partial charge on any atom is -0.468 e. The van der Waals surface area contributed by atoms with Crippen LogP contribution >= 0.6 is 0 Å². The first kappa shape index (κ1) is 17.0. The van der Waals surface area contributed by atoms with Crippen molar-refractivity contribution >= 4 is 17.5 Å². The highest BCUT2D eigenvalue weighted by molar-refractivity contribution is 5.85. The molecule has 0 aromatic carbocycles. The van der Waals surface area contributed by atoms with Gasteiger partial charge in [-0.3, -0.25) is 4.79 Å². The lowest BCUT2D eigenvalue weighted by atomic mass is 9.65. The number of rotatable bonds is 5. The van der Waals surface area contributed by atoms with E-state index in [1.54, 1.807) is 0 Å². The minimum atomic E-state index is -0.551. The molecule has 2 aliphatic rings. The zero-order chi connectivity index (χ0) is 17.2. The molecule has 1 aliphatic carbocycles. The second kappa shape index (κ2) is 6.97. The van der Waals surface area contributed by atoms with Crippen LogP contribution in [0.1, 0.15) is 44.6 Å². The highest BCUT2D eigenvalue weighted by Crippen LogP contribution is 2.45. The standard InChI is InChI=1S/C18H27N3O3/c1-3-21(14-5-9-24-10-6-14)16-15(19)11-13(12-20-16)18(7-4-8-18)17(22)23-2/h11-12,14H,3-10,19H2,1-2H3. The van der Waals surface area contributed by atoms with E-state index in [9.17, 15) is 4.79 Å². The van der Waals surface area contributed by atoms with Crippen LogP contribution in [-0.2, 0) is 19.7 Å². The first-order valence-electron chi connectivity index (χ1n) is 8.81. The van der Waals surface area contributed by atoms with Gasteiger partial charge in [-0.2, -0.15) is 0 Å². The lowest BCUT2D eigenvalue weighted by molar-refractivity contribution is -0.151. The summed E-state index contributed by atoms with van der Waals surface area (Å²) >= 11 is 0. The lowest BCUT2D eigenvalue weighted by Crippen LogP contribution is -2.44. The van der Waals surface area contributed by atoms with Crippen molar-refractivity contribution in [3.05, 3.63) is 17.8 Å². The van der Waals surface area contributed by atoms with Crippen molar-refractivity contribution in [3.63, 3.8) is 0 Å². The molecule has 0 radical (unpaired) electrons. The number of hydrogen-bond donors (Lipinski definition) is 1. The molecule has 2 fully saturated rings. The first-order chi connectivity index (χ1) is 11.6. The summed E-state index contributed by atoms with van der Waals surface area (Å²) in [6.07, 6.45) is 6.42. The predicted molar refractivity (Wildman–Crippen MR) is 93.1 cm³/mol. The molecule has 1 saturated carbocycles. The predicted octanol–water partition coefficient (Wildman–Crippen LogP) is 2.26. The summed E-state index contributed by atoms with van der Waals surface area (Å²) < 4.78 is 10.5. The fraction of sp³-hybridized carbons (Fsp3) is 0.667. The van der Waals surface area contributed by atoms with E-state index in [-0.39, 0.29) is 5.97 Å². The molecule has 1 saturated heterocycles. The van der Waals surface area contributed by atoms with E-state index in [4.69, 9.17) is 15.2 Å². The van der Waals surface area contributed by atoms with Gasteiger partial charge in [-0.25, -0.2) is 4.98 Å². The summed E-state index contributed by atoms with van der Waals surface area (Å²) in [5.74, 6) is 0.631. The molecule has 6 nitrogen and oxygen atoms in total. The van der Waals surface area contributed by atoms with Gasteiger partial charge in [0, 0.05) is 32.0 Å². The number of esters is 1. The number of nitrogen functional groups attached to an aromatic ring is 1. The summed E-state index contributed by atoms with van der Waals surface area (Å²) in [7, 11) is 1.44. The van der Waals surface area contributed by atoms with Crippen LogP contribution in [0.3, 0.4) is 0 Å². The Bertz CT molecular complexity index is 595. The van der Waals surface area contributed by atoms with Gasteiger partial charge in [0.1, 0.15) is 0 Å². The number of hydrogen-bond acceptors (Lipinski definition) is 6. The molecule has 1 aliphatic heterocycles. The molecular weight excluding hydrogens is 306 g/mol. The molecular formula is C18H27N3O3. The van der Waals surface area contributed by atoms with Crippen molar-refractivity contribution < 1.29 is 14.3 Å². The van der Waals surface area contributed by atoms with E-state index in [0.29, 0.717) is 11.7 Å². The van der Waals surface area contributed by atoms with Gasteiger partial charge in [-0.15, -0.1) is 0 Å². The molecule has 1 aromatic rings. The van der Waals surface area contributed by atoms with Crippen LogP contribution in [0.4, 0.5) is 11.5 Å². The Morgan fingerprint density at radius 2 is 2.17 bits per heavy atom. The van der Waals surface area contributed by atoms with Crippen molar-refractivity contribution in [1.29, 1.82) is 0 Å². The highest BCUT2D eigenvalue weighted by atomic mass is 16.5. The number of anilines is 2. The van der Waals surface area contributed by atoms with Gasteiger partial charge >= 0.3 is 5.97 Å². The highest BCUT2D eigenvalue weighted by Gasteiger charge is 2.47. The topological polar surface area (TPSA) is 77.7 Å².